The molecule has 1 aromatic carbocycles. The van der Waals surface area contributed by atoms with Crippen molar-refractivity contribution in [3.8, 4) is 0 Å². The fourth-order valence-electron chi connectivity index (χ4n) is 3.50. The van der Waals surface area contributed by atoms with E-state index >= 15 is 0 Å². The number of rotatable bonds is 8. The molecule has 27 heavy (non-hydrogen) atoms. The second kappa shape index (κ2) is 9.78. The quantitative estimate of drug-likeness (QED) is 0.728. The lowest BCUT2D eigenvalue weighted by molar-refractivity contribution is -0.124. The van der Waals surface area contributed by atoms with Crippen LogP contribution < -0.4 is 10.6 Å². The zero-order valence-electron chi connectivity index (χ0n) is 16.2. The monoisotopic (exact) mass is 381 g/mol. The molecule has 1 heterocycles. The Morgan fingerprint density at radius 1 is 1.26 bits per heavy atom. The first-order valence-corrected chi connectivity index (χ1v) is 9.61. The average molecular weight is 381 g/mol. The number of amides is 2. The first kappa shape index (κ1) is 21.3. The molecule has 1 aromatic rings. The number of carbonyl (C=O) groups is 2. The predicted octanol–water partition coefficient (Wildman–Crippen LogP) is 2.71. The summed E-state index contributed by atoms with van der Waals surface area (Å²) in [5.74, 6) is -3.38. The number of carbonyl (C=O) groups excluding carboxylic acids is 2. The van der Waals surface area contributed by atoms with Crippen LogP contribution in [-0.2, 0) is 4.79 Å². The van der Waals surface area contributed by atoms with E-state index in [0.29, 0.717) is 12.6 Å². The van der Waals surface area contributed by atoms with E-state index in [-0.39, 0.29) is 11.8 Å². The zero-order chi connectivity index (χ0) is 20.0. The molecule has 150 valence electrons. The van der Waals surface area contributed by atoms with Crippen molar-refractivity contribution in [3.05, 3.63) is 35.4 Å². The van der Waals surface area contributed by atoms with Crippen molar-refractivity contribution in [2.45, 2.75) is 52.1 Å². The third-order valence-corrected chi connectivity index (χ3v) is 4.95. The van der Waals surface area contributed by atoms with Crippen LogP contribution >= 0.6 is 0 Å². The van der Waals surface area contributed by atoms with Crippen LogP contribution in [0, 0.1) is 17.6 Å². The summed E-state index contributed by atoms with van der Waals surface area (Å²) < 4.78 is 27.6. The highest BCUT2D eigenvalue weighted by Crippen LogP contribution is 2.17. The molecule has 2 N–H and O–H groups in total. The van der Waals surface area contributed by atoms with E-state index in [1.807, 2.05) is 0 Å². The molecule has 1 saturated heterocycles. The van der Waals surface area contributed by atoms with Gasteiger partial charge in [-0.25, -0.2) is 8.78 Å². The van der Waals surface area contributed by atoms with Gasteiger partial charge in [-0.2, -0.15) is 0 Å². The Hall–Kier alpha value is -2.02. The van der Waals surface area contributed by atoms with Crippen molar-refractivity contribution < 1.29 is 18.4 Å². The van der Waals surface area contributed by atoms with Crippen LogP contribution in [0.15, 0.2) is 18.2 Å². The molecule has 0 aromatic heterocycles. The number of hydrogen-bond donors (Lipinski definition) is 2. The van der Waals surface area contributed by atoms with Gasteiger partial charge in [0.2, 0.25) is 5.91 Å². The normalized spacial score (nSPS) is 18.5. The molecule has 2 amide bonds. The van der Waals surface area contributed by atoms with Gasteiger partial charge in [0, 0.05) is 12.6 Å². The predicted molar refractivity (Wildman–Crippen MR) is 100 cm³/mol. The van der Waals surface area contributed by atoms with Crippen molar-refractivity contribution in [1.82, 2.24) is 15.5 Å². The lowest BCUT2D eigenvalue weighted by atomic mass is 10.0. The summed E-state index contributed by atoms with van der Waals surface area (Å²) >= 11 is 0. The van der Waals surface area contributed by atoms with Gasteiger partial charge in [0.1, 0.15) is 23.2 Å². The largest absolute Gasteiger partial charge is 0.353 e. The fraction of sp³-hybridized carbons (Fsp3) is 0.600. The maximum Gasteiger partial charge on any atom is 0.257 e. The Labute approximate surface area is 159 Å². The van der Waals surface area contributed by atoms with Crippen LogP contribution in [0.25, 0.3) is 0 Å². The fourth-order valence-corrected chi connectivity index (χ4v) is 3.50. The van der Waals surface area contributed by atoms with Gasteiger partial charge < -0.3 is 10.6 Å². The van der Waals surface area contributed by atoms with Crippen molar-refractivity contribution in [3.63, 3.8) is 0 Å². The second-order valence-electron chi connectivity index (χ2n) is 7.37. The van der Waals surface area contributed by atoms with Crippen LogP contribution in [0.2, 0.25) is 0 Å². The van der Waals surface area contributed by atoms with Crippen LogP contribution in [0.5, 0.6) is 0 Å². The van der Waals surface area contributed by atoms with Crippen LogP contribution in [0.3, 0.4) is 0 Å². The number of likely N-dealkylation sites (tertiary alicyclic amines) is 1. The summed E-state index contributed by atoms with van der Waals surface area (Å²) in [7, 11) is 0. The highest BCUT2D eigenvalue weighted by molar-refractivity contribution is 5.98. The van der Waals surface area contributed by atoms with Gasteiger partial charge in [-0.1, -0.05) is 26.8 Å². The highest BCUT2D eigenvalue weighted by Gasteiger charge is 2.29. The van der Waals surface area contributed by atoms with Gasteiger partial charge in [0.25, 0.3) is 5.91 Å². The third-order valence-electron chi connectivity index (χ3n) is 4.95. The Kier molecular flexibility index (Phi) is 7.71. The average Bonchev–Trinajstić information content (AvgIpc) is 3.04. The molecule has 1 fully saturated rings. The van der Waals surface area contributed by atoms with Crippen molar-refractivity contribution >= 4 is 11.8 Å². The maximum atomic E-state index is 13.8. The molecular weight excluding hydrogens is 352 g/mol. The van der Waals surface area contributed by atoms with Gasteiger partial charge in [0.15, 0.2) is 0 Å². The molecule has 7 heteroatoms. The standard InChI is InChI=1S/C20H29F2N3O2/c1-4-10-25-11-6-7-14(25)12-23-20(27)18(13(2)3)24-19(26)17-15(21)8-5-9-16(17)22/h5,8-9,13-14,18H,4,6-7,10-12H2,1-3H3,(H,23,27)(H,24,26)/t14-,18-/m0/s1. The molecule has 0 bridgehead atoms. The van der Waals surface area contributed by atoms with Crippen LogP contribution in [-0.4, -0.2) is 48.4 Å². The molecule has 0 unspecified atom stereocenters. The van der Waals surface area contributed by atoms with Crippen LogP contribution in [0.4, 0.5) is 8.78 Å². The number of halogens is 2. The first-order valence-electron chi connectivity index (χ1n) is 9.61. The Morgan fingerprint density at radius 2 is 1.93 bits per heavy atom. The topological polar surface area (TPSA) is 61.4 Å². The molecule has 2 rings (SSSR count). The zero-order valence-corrected chi connectivity index (χ0v) is 16.2. The minimum Gasteiger partial charge on any atom is -0.353 e. The first-order chi connectivity index (χ1) is 12.8. The van der Waals surface area contributed by atoms with Crippen LogP contribution in [0.1, 0.15) is 50.4 Å². The second-order valence-corrected chi connectivity index (χ2v) is 7.37. The van der Waals surface area contributed by atoms with E-state index in [0.717, 1.165) is 44.5 Å². The van der Waals surface area contributed by atoms with E-state index < -0.39 is 29.1 Å². The summed E-state index contributed by atoms with van der Waals surface area (Å²) in [4.78, 5) is 27.3. The van der Waals surface area contributed by atoms with Crippen molar-refractivity contribution in [2.24, 2.45) is 5.92 Å². The Balaban J connectivity index is 2.00. The molecule has 1 aliphatic heterocycles. The van der Waals surface area contributed by atoms with Crippen molar-refractivity contribution in [2.75, 3.05) is 19.6 Å². The minimum absolute atomic E-state index is 0.223. The van der Waals surface area contributed by atoms with Gasteiger partial charge >= 0.3 is 0 Å². The number of nitrogens with one attached hydrogen (secondary N) is 2. The maximum absolute atomic E-state index is 13.8. The minimum atomic E-state index is -0.948. The summed E-state index contributed by atoms with van der Waals surface area (Å²) in [5, 5.41) is 5.38. The van der Waals surface area contributed by atoms with Gasteiger partial charge in [-0.3, -0.25) is 14.5 Å². The SMILES string of the molecule is CCCN1CCC[C@H]1CNC(=O)[C@@H](NC(=O)c1c(F)cccc1F)C(C)C. The molecule has 0 spiro atoms. The van der Waals surface area contributed by atoms with E-state index in [2.05, 4.69) is 22.5 Å². The van der Waals surface area contributed by atoms with E-state index in [4.69, 9.17) is 0 Å². The van der Waals surface area contributed by atoms with E-state index in [1.165, 1.54) is 6.07 Å². The molecule has 1 aliphatic rings. The molecule has 5 nitrogen and oxygen atoms in total. The summed E-state index contributed by atoms with van der Waals surface area (Å²) in [6, 6.07) is 2.66. The third kappa shape index (κ3) is 5.48. The molecule has 0 aliphatic carbocycles. The molecule has 0 radical (unpaired) electrons. The number of hydrogen-bond acceptors (Lipinski definition) is 3. The molecular formula is C20H29F2N3O2. The highest BCUT2D eigenvalue weighted by atomic mass is 19.1. The summed E-state index contributed by atoms with van der Waals surface area (Å²) in [5.41, 5.74) is -0.666. The van der Waals surface area contributed by atoms with Crippen molar-refractivity contribution in [1.29, 1.82) is 0 Å². The van der Waals surface area contributed by atoms with E-state index in [9.17, 15) is 18.4 Å². The van der Waals surface area contributed by atoms with Gasteiger partial charge in [-0.15, -0.1) is 0 Å². The van der Waals surface area contributed by atoms with Gasteiger partial charge in [0.05, 0.1) is 0 Å². The number of nitrogens with zero attached hydrogens (tertiary/aromatic N) is 1. The molecule has 2 atom stereocenters. The summed E-state index contributed by atoms with van der Waals surface area (Å²) in [6.07, 6.45) is 3.19. The van der Waals surface area contributed by atoms with E-state index in [1.54, 1.807) is 13.8 Å². The van der Waals surface area contributed by atoms with Gasteiger partial charge in [-0.05, 0) is 50.4 Å². The number of benzene rings is 1. The smallest absolute Gasteiger partial charge is 0.257 e. The Morgan fingerprint density at radius 3 is 2.52 bits per heavy atom. The lowest BCUT2D eigenvalue weighted by Crippen LogP contribution is -2.52. The summed E-state index contributed by atoms with van der Waals surface area (Å²) in [6.45, 7) is 8.22. The Bertz CT molecular complexity index is 646. The lowest BCUT2D eigenvalue weighted by Gasteiger charge is -2.26. The molecule has 0 saturated carbocycles.